The molecule has 0 aliphatic rings. The average molecular weight is 620 g/mol. The number of nitro groups is 1. The molecule has 1 rings (SSSR count). The van der Waals surface area contributed by atoms with Gasteiger partial charge < -0.3 is 47.4 Å². The summed E-state index contributed by atoms with van der Waals surface area (Å²) in [5.74, 6) is 0.560. The van der Waals surface area contributed by atoms with Gasteiger partial charge in [-0.15, -0.1) is 0 Å². The molecule has 0 bridgehead atoms. The van der Waals surface area contributed by atoms with Crippen molar-refractivity contribution in [2.24, 2.45) is 0 Å². The summed E-state index contributed by atoms with van der Waals surface area (Å²) in [6.45, 7) is 12.0. The minimum atomic E-state index is -0.450. The SMILES string of the molecule is CCCCCCOCCOCCOCCOCCOCCOCCOCCOCCOCCOc1ccc([N+](=O)[O-])cc1. The second-order valence-electron chi connectivity index (χ2n) is 9.17. The van der Waals surface area contributed by atoms with Gasteiger partial charge in [0.1, 0.15) is 12.4 Å². The second kappa shape index (κ2) is 31.5. The maximum absolute atomic E-state index is 10.6. The number of hydrogen-bond donors (Lipinski definition) is 0. The largest absolute Gasteiger partial charge is 0.491 e. The Morgan fingerprint density at radius 2 is 0.791 bits per heavy atom. The van der Waals surface area contributed by atoms with Crippen LogP contribution in [0, 0.1) is 10.1 Å². The third kappa shape index (κ3) is 27.4. The first-order valence-electron chi connectivity index (χ1n) is 15.3. The zero-order valence-electron chi connectivity index (χ0n) is 25.9. The molecule has 13 nitrogen and oxygen atoms in total. The topological polar surface area (TPSA) is 135 Å². The highest BCUT2D eigenvalue weighted by Gasteiger charge is 2.04. The van der Waals surface area contributed by atoms with Crippen LogP contribution in [0.1, 0.15) is 32.6 Å². The number of hydrogen-bond acceptors (Lipinski definition) is 12. The van der Waals surface area contributed by atoms with Crippen LogP contribution in [0.2, 0.25) is 0 Å². The summed E-state index contributed by atoms with van der Waals surface area (Å²) >= 11 is 0. The van der Waals surface area contributed by atoms with Gasteiger partial charge in [-0.25, -0.2) is 0 Å². The minimum Gasteiger partial charge on any atom is -0.491 e. The molecule has 13 heteroatoms. The lowest BCUT2D eigenvalue weighted by Gasteiger charge is -2.09. The molecule has 0 aromatic heterocycles. The van der Waals surface area contributed by atoms with Crippen LogP contribution in [0.4, 0.5) is 5.69 Å². The van der Waals surface area contributed by atoms with Crippen molar-refractivity contribution in [2.75, 3.05) is 126 Å². The first-order chi connectivity index (χ1) is 21.2. The number of nitro benzene ring substituents is 1. The fourth-order valence-corrected chi connectivity index (χ4v) is 3.37. The highest BCUT2D eigenvalue weighted by molar-refractivity contribution is 5.35. The Labute approximate surface area is 256 Å². The van der Waals surface area contributed by atoms with Crippen molar-refractivity contribution >= 4 is 5.69 Å². The van der Waals surface area contributed by atoms with Crippen LogP contribution in [0.15, 0.2) is 24.3 Å². The van der Waals surface area contributed by atoms with Gasteiger partial charge in [0, 0.05) is 18.7 Å². The van der Waals surface area contributed by atoms with E-state index in [1.165, 1.54) is 31.4 Å². The third-order valence-corrected chi connectivity index (χ3v) is 5.66. The van der Waals surface area contributed by atoms with Crippen molar-refractivity contribution in [2.45, 2.75) is 32.6 Å². The molecule has 0 saturated carbocycles. The zero-order chi connectivity index (χ0) is 30.9. The third-order valence-electron chi connectivity index (χ3n) is 5.66. The van der Waals surface area contributed by atoms with Crippen LogP contribution in [-0.4, -0.2) is 130 Å². The summed E-state index contributed by atoms with van der Waals surface area (Å²) in [5.41, 5.74) is 0.0286. The highest BCUT2D eigenvalue weighted by Crippen LogP contribution is 2.17. The molecule has 0 N–H and O–H groups in total. The van der Waals surface area contributed by atoms with Gasteiger partial charge in [0.2, 0.25) is 0 Å². The number of non-ortho nitro benzene ring substituents is 1. The van der Waals surface area contributed by atoms with E-state index >= 15 is 0 Å². The molecule has 1 aromatic carbocycles. The van der Waals surface area contributed by atoms with E-state index in [0.717, 1.165) is 13.0 Å². The molecule has 43 heavy (non-hydrogen) atoms. The van der Waals surface area contributed by atoms with Crippen molar-refractivity contribution in [3.63, 3.8) is 0 Å². The lowest BCUT2D eigenvalue weighted by Crippen LogP contribution is -2.15. The Balaban J connectivity index is 1.66. The molecular weight excluding hydrogens is 566 g/mol. The van der Waals surface area contributed by atoms with E-state index in [-0.39, 0.29) is 5.69 Å². The number of benzene rings is 1. The van der Waals surface area contributed by atoms with Gasteiger partial charge in [-0.3, -0.25) is 10.1 Å². The lowest BCUT2D eigenvalue weighted by molar-refractivity contribution is -0.384. The standard InChI is InChI=1S/C30H53NO12/c1-2-3-4-5-10-34-11-12-35-13-14-36-15-16-37-17-18-38-19-20-39-21-22-40-23-24-41-25-26-42-27-28-43-30-8-6-29(7-9-30)31(32)33/h6-9H,2-5,10-28H2,1H3. The monoisotopic (exact) mass is 619 g/mol. The van der Waals surface area contributed by atoms with Crippen molar-refractivity contribution in [3.05, 3.63) is 34.4 Å². The molecule has 0 atom stereocenters. The Morgan fingerprint density at radius 3 is 1.12 bits per heavy atom. The van der Waals surface area contributed by atoms with Crippen molar-refractivity contribution < 1.29 is 52.3 Å². The second-order valence-corrected chi connectivity index (χ2v) is 9.17. The number of ether oxygens (including phenoxy) is 10. The fraction of sp³-hybridized carbons (Fsp3) is 0.800. The molecule has 1 aromatic rings. The molecular formula is C30H53NO12. The molecule has 0 saturated heterocycles. The van der Waals surface area contributed by atoms with E-state index in [1.54, 1.807) is 12.1 Å². The summed E-state index contributed by atoms with van der Waals surface area (Å²) in [6.07, 6.45) is 4.87. The molecule has 0 aliphatic carbocycles. The normalized spacial score (nSPS) is 11.3. The summed E-state index contributed by atoms with van der Waals surface area (Å²) < 4.78 is 54.6. The van der Waals surface area contributed by atoms with Crippen LogP contribution in [0.25, 0.3) is 0 Å². The van der Waals surface area contributed by atoms with Gasteiger partial charge in [-0.05, 0) is 18.6 Å². The van der Waals surface area contributed by atoms with Crippen LogP contribution >= 0.6 is 0 Å². The summed E-state index contributed by atoms with van der Waals surface area (Å²) in [5, 5.41) is 10.6. The minimum absolute atomic E-state index is 0.0286. The molecule has 250 valence electrons. The van der Waals surface area contributed by atoms with Gasteiger partial charge >= 0.3 is 0 Å². The van der Waals surface area contributed by atoms with Crippen LogP contribution in [0.5, 0.6) is 5.75 Å². The van der Waals surface area contributed by atoms with E-state index < -0.39 is 4.92 Å². The van der Waals surface area contributed by atoms with E-state index in [0.29, 0.717) is 125 Å². The molecule has 0 heterocycles. The molecule has 0 fully saturated rings. The quantitative estimate of drug-likeness (QED) is 0.0632. The Hall–Kier alpha value is -1.94. The first-order valence-corrected chi connectivity index (χ1v) is 15.3. The van der Waals surface area contributed by atoms with Gasteiger partial charge in [0.25, 0.3) is 5.69 Å². The zero-order valence-corrected chi connectivity index (χ0v) is 25.9. The summed E-state index contributed by atoms with van der Waals surface area (Å²) in [4.78, 5) is 10.2. The van der Waals surface area contributed by atoms with E-state index in [1.807, 2.05) is 0 Å². The molecule has 0 radical (unpaired) electrons. The van der Waals surface area contributed by atoms with E-state index in [2.05, 4.69) is 6.92 Å². The van der Waals surface area contributed by atoms with Crippen molar-refractivity contribution in [3.8, 4) is 5.75 Å². The number of rotatable bonds is 34. The maximum atomic E-state index is 10.6. The molecule has 0 spiro atoms. The predicted octanol–water partition coefficient (Wildman–Crippen LogP) is 3.70. The predicted molar refractivity (Wildman–Crippen MR) is 160 cm³/mol. The van der Waals surface area contributed by atoms with Crippen LogP contribution in [0.3, 0.4) is 0 Å². The summed E-state index contributed by atoms with van der Waals surface area (Å²) in [7, 11) is 0. The van der Waals surface area contributed by atoms with E-state index in [9.17, 15) is 10.1 Å². The molecule has 0 unspecified atom stereocenters. The van der Waals surface area contributed by atoms with Crippen LogP contribution < -0.4 is 4.74 Å². The molecule has 0 amide bonds. The summed E-state index contributed by atoms with van der Waals surface area (Å²) in [6, 6.07) is 5.92. The van der Waals surface area contributed by atoms with Gasteiger partial charge in [0.15, 0.2) is 0 Å². The number of nitrogens with zero attached hydrogens (tertiary/aromatic N) is 1. The Bertz CT molecular complexity index is 726. The number of unbranched alkanes of at least 4 members (excludes halogenated alkanes) is 3. The molecule has 0 aliphatic heterocycles. The van der Waals surface area contributed by atoms with Crippen molar-refractivity contribution in [1.82, 2.24) is 0 Å². The highest BCUT2D eigenvalue weighted by atomic mass is 16.6. The smallest absolute Gasteiger partial charge is 0.269 e. The van der Waals surface area contributed by atoms with Gasteiger partial charge in [0.05, 0.1) is 117 Å². The first kappa shape index (κ1) is 39.1. The van der Waals surface area contributed by atoms with Gasteiger partial charge in [-0.1, -0.05) is 26.2 Å². The Kier molecular flexibility index (Phi) is 28.6. The maximum Gasteiger partial charge on any atom is 0.269 e. The van der Waals surface area contributed by atoms with E-state index in [4.69, 9.17) is 47.4 Å². The van der Waals surface area contributed by atoms with Crippen LogP contribution in [-0.2, 0) is 42.6 Å². The fourth-order valence-electron chi connectivity index (χ4n) is 3.37. The lowest BCUT2D eigenvalue weighted by atomic mass is 10.2. The average Bonchev–Trinajstić information content (AvgIpc) is 3.02. The van der Waals surface area contributed by atoms with Crippen molar-refractivity contribution in [1.29, 1.82) is 0 Å². The Morgan fingerprint density at radius 1 is 0.465 bits per heavy atom. The van der Waals surface area contributed by atoms with Gasteiger partial charge in [-0.2, -0.15) is 0 Å².